The predicted molar refractivity (Wildman–Crippen MR) is 72.0 cm³/mol. The average Bonchev–Trinajstić information content (AvgIpc) is 2.65. The van der Waals surface area contributed by atoms with Gasteiger partial charge in [-0.05, 0) is 26.8 Å². The summed E-state index contributed by atoms with van der Waals surface area (Å²) in [5.74, 6) is -0.196. The second-order valence-electron chi connectivity index (χ2n) is 4.40. The molecule has 1 aromatic rings. The zero-order valence-electron chi connectivity index (χ0n) is 10.9. The number of Topliss-reactive ketones (excluding diaryl/α,β-unsaturated/α-hetero) is 1. The summed E-state index contributed by atoms with van der Waals surface area (Å²) < 4.78 is 0. The molecule has 2 N–H and O–H groups in total. The maximum absolute atomic E-state index is 11.9. The molecule has 0 radical (unpaired) electrons. The van der Waals surface area contributed by atoms with Crippen LogP contribution in [-0.4, -0.2) is 29.4 Å². The van der Waals surface area contributed by atoms with E-state index < -0.39 is 0 Å². The number of carbonyl (C=O) groups is 2. The lowest BCUT2D eigenvalue weighted by molar-refractivity contribution is -0.121. The number of aryl methyl sites for hydroxylation is 2. The lowest BCUT2D eigenvalue weighted by Crippen LogP contribution is -2.35. The van der Waals surface area contributed by atoms with Crippen molar-refractivity contribution in [3.05, 3.63) is 21.4 Å². The van der Waals surface area contributed by atoms with Crippen molar-refractivity contribution >= 4 is 23.0 Å². The van der Waals surface area contributed by atoms with Gasteiger partial charge in [0.2, 0.25) is 5.91 Å². The molecule has 0 saturated heterocycles. The van der Waals surface area contributed by atoms with E-state index in [2.05, 4.69) is 5.32 Å². The van der Waals surface area contributed by atoms with E-state index in [0.29, 0.717) is 0 Å². The molecule has 0 spiro atoms. The van der Waals surface area contributed by atoms with Gasteiger partial charge in [0.1, 0.15) is 0 Å². The molecule has 5 heteroatoms. The van der Waals surface area contributed by atoms with E-state index in [-0.39, 0.29) is 37.2 Å². The van der Waals surface area contributed by atoms with Gasteiger partial charge in [-0.2, -0.15) is 0 Å². The zero-order chi connectivity index (χ0) is 13.7. The van der Waals surface area contributed by atoms with Gasteiger partial charge in [-0.25, -0.2) is 0 Å². The van der Waals surface area contributed by atoms with Crippen LogP contribution in [-0.2, 0) is 4.79 Å². The molecular formula is C13H19NO3S. The van der Waals surface area contributed by atoms with E-state index in [1.807, 2.05) is 19.9 Å². The second-order valence-corrected chi connectivity index (χ2v) is 5.86. The highest BCUT2D eigenvalue weighted by Gasteiger charge is 2.14. The van der Waals surface area contributed by atoms with E-state index in [0.717, 1.165) is 15.3 Å². The predicted octanol–water partition coefficient (Wildman–Crippen LogP) is 1.82. The Bertz CT molecular complexity index is 439. The van der Waals surface area contributed by atoms with E-state index >= 15 is 0 Å². The van der Waals surface area contributed by atoms with Crippen LogP contribution in [0.15, 0.2) is 6.07 Å². The van der Waals surface area contributed by atoms with Gasteiger partial charge in [0.15, 0.2) is 5.78 Å². The van der Waals surface area contributed by atoms with E-state index in [1.54, 1.807) is 18.3 Å². The van der Waals surface area contributed by atoms with Crippen molar-refractivity contribution in [1.82, 2.24) is 5.32 Å². The van der Waals surface area contributed by atoms with Crippen molar-refractivity contribution in [2.45, 2.75) is 39.7 Å². The smallest absolute Gasteiger partial charge is 0.220 e. The summed E-state index contributed by atoms with van der Waals surface area (Å²) in [7, 11) is 0. The van der Waals surface area contributed by atoms with Crippen LogP contribution >= 0.6 is 11.3 Å². The van der Waals surface area contributed by atoms with Gasteiger partial charge >= 0.3 is 0 Å². The fraction of sp³-hybridized carbons (Fsp3) is 0.538. The SMILES string of the molecule is Cc1cc(C(=O)CCC(=O)N[C@@H](C)CO)c(C)s1. The summed E-state index contributed by atoms with van der Waals surface area (Å²) in [6.45, 7) is 5.50. The first-order chi connectivity index (χ1) is 8.43. The molecule has 18 heavy (non-hydrogen) atoms. The van der Waals surface area contributed by atoms with E-state index in [9.17, 15) is 9.59 Å². The molecule has 0 unspecified atom stereocenters. The van der Waals surface area contributed by atoms with Crippen LogP contribution in [0.1, 0.15) is 39.9 Å². The number of aliphatic hydroxyl groups excluding tert-OH is 1. The summed E-state index contributed by atoms with van der Waals surface area (Å²) in [4.78, 5) is 25.5. The summed E-state index contributed by atoms with van der Waals surface area (Å²) >= 11 is 1.59. The van der Waals surface area contributed by atoms with Gasteiger partial charge in [-0.3, -0.25) is 9.59 Å². The highest BCUT2D eigenvalue weighted by atomic mass is 32.1. The van der Waals surface area contributed by atoms with E-state index in [4.69, 9.17) is 5.11 Å². The Balaban J connectivity index is 2.47. The lowest BCUT2D eigenvalue weighted by Gasteiger charge is -2.10. The molecule has 1 aromatic heterocycles. The van der Waals surface area contributed by atoms with Crippen LogP contribution in [0, 0.1) is 13.8 Å². The summed E-state index contributed by atoms with van der Waals surface area (Å²) in [6, 6.07) is 1.61. The summed E-state index contributed by atoms with van der Waals surface area (Å²) in [5.41, 5.74) is 0.723. The Kier molecular flexibility index (Phi) is 5.50. The molecular weight excluding hydrogens is 250 g/mol. The molecule has 0 bridgehead atoms. The first kappa shape index (κ1) is 14.9. The summed E-state index contributed by atoms with van der Waals surface area (Å²) in [5, 5.41) is 11.4. The van der Waals surface area contributed by atoms with Crippen molar-refractivity contribution in [3.63, 3.8) is 0 Å². The Morgan fingerprint density at radius 1 is 1.39 bits per heavy atom. The summed E-state index contributed by atoms with van der Waals surface area (Å²) in [6.07, 6.45) is 0.374. The minimum atomic E-state index is -0.266. The third-order valence-electron chi connectivity index (χ3n) is 2.60. The minimum absolute atomic E-state index is 0.00338. The molecule has 0 aliphatic rings. The van der Waals surface area contributed by atoms with Gasteiger partial charge in [0.05, 0.1) is 6.61 Å². The maximum atomic E-state index is 11.9. The Morgan fingerprint density at radius 3 is 2.56 bits per heavy atom. The second kappa shape index (κ2) is 6.66. The number of hydrogen-bond donors (Lipinski definition) is 2. The number of thiophene rings is 1. The van der Waals surface area contributed by atoms with Crippen LogP contribution in [0.5, 0.6) is 0 Å². The first-order valence-corrected chi connectivity index (χ1v) is 6.76. The van der Waals surface area contributed by atoms with Crippen molar-refractivity contribution in [2.75, 3.05) is 6.61 Å². The molecule has 1 atom stereocenters. The number of nitrogens with one attached hydrogen (secondary N) is 1. The fourth-order valence-electron chi connectivity index (χ4n) is 1.66. The number of rotatable bonds is 6. The van der Waals surface area contributed by atoms with Crippen LogP contribution in [0.4, 0.5) is 0 Å². The van der Waals surface area contributed by atoms with Gasteiger partial charge in [0.25, 0.3) is 0 Å². The number of carbonyl (C=O) groups excluding carboxylic acids is 2. The van der Waals surface area contributed by atoms with Crippen molar-refractivity contribution in [2.24, 2.45) is 0 Å². The first-order valence-electron chi connectivity index (χ1n) is 5.94. The van der Waals surface area contributed by atoms with Crippen LogP contribution in [0.25, 0.3) is 0 Å². The lowest BCUT2D eigenvalue weighted by atomic mass is 10.1. The van der Waals surface area contributed by atoms with Crippen molar-refractivity contribution in [3.8, 4) is 0 Å². The monoisotopic (exact) mass is 269 g/mol. The Labute approximate surface area is 111 Å². The molecule has 0 aliphatic heterocycles. The molecule has 1 heterocycles. The fourth-order valence-corrected chi connectivity index (χ4v) is 2.60. The van der Waals surface area contributed by atoms with Crippen LogP contribution in [0.2, 0.25) is 0 Å². The minimum Gasteiger partial charge on any atom is -0.394 e. The molecule has 1 rings (SSSR count). The quantitative estimate of drug-likeness (QED) is 0.774. The van der Waals surface area contributed by atoms with Crippen LogP contribution in [0.3, 0.4) is 0 Å². The molecule has 0 fully saturated rings. The molecule has 4 nitrogen and oxygen atoms in total. The molecule has 1 amide bonds. The van der Waals surface area contributed by atoms with Crippen molar-refractivity contribution in [1.29, 1.82) is 0 Å². The standard InChI is InChI=1S/C13H19NO3S/c1-8(7-15)14-13(17)5-4-12(16)11-6-9(2)18-10(11)3/h6,8,15H,4-5,7H2,1-3H3,(H,14,17)/t8-/m0/s1. The third-order valence-corrected chi connectivity index (χ3v) is 3.57. The van der Waals surface area contributed by atoms with Crippen molar-refractivity contribution < 1.29 is 14.7 Å². The maximum Gasteiger partial charge on any atom is 0.220 e. The Hall–Kier alpha value is -1.20. The normalized spacial score (nSPS) is 12.2. The average molecular weight is 269 g/mol. The topological polar surface area (TPSA) is 66.4 Å². The van der Waals surface area contributed by atoms with Crippen LogP contribution < -0.4 is 5.32 Å². The molecule has 0 aliphatic carbocycles. The van der Waals surface area contributed by atoms with Gasteiger partial charge in [0, 0.05) is 34.2 Å². The van der Waals surface area contributed by atoms with E-state index in [1.165, 1.54) is 0 Å². The largest absolute Gasteiger partial charge is 0.394 e. The van der Waals surface area contributed by atoms with Gasteiger partial charge in [-0.15, -0.1) is 11.3 Å². The number of aliphatic hydroxyl groups is 1. The van der Waals surface area contributed by atoms with Gasteiger partial charge < -0.3 is 10.4 Å². The number of hydrogen-bond acceptors (Lipinski definition) is 4. The Morgan fingerprint density at radius 2 is 2.06 bits per heavy atom. The van der Waals surface area contributed by atoms with Gasteiger partial charge in [-0.1, -0.05) is 0 Å². The highest BCUT2D eigenvalue weighted by molar-refractivity contribution is 7.12. The number of amides is 1. The molecule has 0 saturated carbocycles. The highest BCUT2D eigenvalue weighted by Crippen LogP contribution is 2.22. The molecule has 100 valence electrons. The third kappa shape index (κ3) is 4.23. The molecule has 0 aromatic carbocycles. The zero-order valence-corrected chi connectivity index (χ0v) is 11.8. The number of ketones is 1.